The molecule has 1 aliphatic rings. The lowest BCUT2D eigenvalue weighted by atomic mass is 10.0. The van der Waals surface area contributed by atoms with E-state index in [-0.39, 0.29) is 17.9 Å². The highest BCUT2D eigenvalue weighted by molar-refractivity contribution is 6.33. The van der Waals surface area contributed by atoms with Crippen LogP contribution in [0.3, 0.4) is 0 Å². The minimum atomic E-state index is -0.213. The summed E-state index contributed by atoms with van der Waals surface area (Å²) < 4.78 is 1.51. The number of anilines is 2. The monoisotopic (exact) mass is 585 g/mol. The molecule has 11 heteroatoms. The molecule has 1 aliphatic heterocycles. The van der Waals surface area contributed by atoms with E-state index in [0.717, 1.165) is 35.7 Å². The van der Waals surface area contributed by atoms with Crippen LogP contribution in [0.15, 0.2) is 73.1 Å². The van der Waals surface area contributed by atoms with Crippen molar-refractivity contribution in [2.45, 2.75) is 18.9 Å². The van der Waals surface area contributed by atoms with Gasteiger partial charge in [-0.05, 0) is 57.3 Å². The number of nitrogens with one attached hydrogen (secondary N) is 2. The van der Waals surface area contributed by atoms with E-state index in [1.54, 1.807) is 42.7 Å². The van der Waals surface area contributed by atoms with Crippen LogP contribution in [-0.4, -0.2) is 82.3 Å². The molecule has 0 atom stereocenters. The number of carbonyl (C=O) groups is 3. The third-order valence-electron chi connectivity index (χ3n) is 7.11. The first kappa shape index (κ1) is 29.0. The number of likely N-dealkylation sites (N-methyl/N-ethyl adjacent to an activating group) is 1. The first-order valence-corrected chi connectivity index (χ1v) is 14.1. The van der Waals surface area contributed by atoms with Crippen molar-refractivity contribution < 1.29 is 14.4 Å². The molecule has 2 amide bonds. The molecule has 216 valence electrons. The van der Waals surface area contributed by atoms with Gasteiger partial charge in [-0.15, -0.1) is 0 Å². The fourth-order valence-corrected chi connectivity index (χ4v) is 5.14. The lowest BCUT2D eigenvalue weighted by molar-refractivity contribution is -0.111. The van der Waals surface area contributed by atoms with E-state index in [0.29, 0.717) is 47.6 Å². The summed E-state index contributed by atoms with van der Waals surface area (Å²) in [6.45, 7) is 1.84. The molecular weight excluding hydrogens is 554 g/mol. The fourth-order valence-electron chi connectivity index (χ4n) is 4.95. The van der Waals surface area contributed by atoms with Crippen molar-refractivity contribution in [2.75, 3.05) is 44.4 Å². The number of fused-ring (bicyclic) bond motifs is 1. The summed E-state index contributed by atoms with van der Waals surface area (Å²) in [5.74, 6) is 0.181. The number of aromatic nitrogens is 3. The molecule has 10 nitrogen and oxygen atoms in total. The van der Waals surface area contributed by atoms with Crippen LogP contribution in [0.4, 0.5) is 11.6 Å². The third-order valence-corrected chi connectivity index (χ3v) is 7.38. The second kappa shape index (κ2) is 13.0. The molecule has 0 radical (unpaired) electrons. The highest BCUT2D eigenvalue weighted by Gasteiger charge is 2.25. The van der Waals surface area contributed by atoms with Gasteiger partial charge in [0.2, 0.25) is 18.3 Å². The molecular formula is C31H32ClN7O3. The Balaban J connectivity index is 1.18. The average molecular weight is 586 g/mol. The number of halogens is 1. The predicted molar refractivity (Wildman–Crippen MR) is 165 cm³/mol. The first-order valence-electron chi connectivity index (χ1n) is 13.7. The van der Waals surface area contributed by atoms with Crippen molar-refractivity contribution in [3.05, 3.63) is 83.7 Å². The number of likely N-dealkylation sites (tertiary alicyclic amines) is 1. The van der Waals surface area contributed by atoms with Gasteiger partial charge in [0, 0.05) is 60.1 Å². The summed E-state index contributed by atoms with van der Waals surface area (Å²) in [7, 11) is 3.86. The van der Waals surface area contributed by atoms with Gasteiger partial charge in [-0.1, -0.05) is 35.9 Å². The Morgan fingerprint density at radius 3 is 2.55 bits per heavy atom. The summed E-state index contributed by atoms with van der Waals surface area (Å²) in [6.07, 6.45) is 8.79. The van der Waals surface area contributed by atoms with E-state index in [1.165, 1.54) is 10.6 Å². The van der Waals surface area contributed by atoms with Crippen LogP contribution in [0.1, 0.15) is 23.2 Å². The molecule has 0 bridgehead atoms. The SMILES string of the molecule is CN(C)C/C=C/C(=O)Nc1ccc(C(=O)N2CCC(Nc3ncc(Cl)c(-c4cn(C=O)c5ccccc45)n3)CC2)cc1. The van der Waals surface area contributed by atoms with E-state index >= 15 is 0 Å². The van der Waals surface area contributed by atoms with E-state index in [4.69, 9.17) is 11.6 Å². The molecule has 3 heterocycles. The number of rotatable bonds is 9. The molecule has 0 unspecified atom stereocenters. The van der Waals surface area contributed by atoms with Gasteiger partial charge in [0.05, 0.1) is 22.4 Å². The Morgan fingerprint density at radius 2 is 1.83 bits per heavy atom. The number of amides is 2. The van der Waals surface area contributed by atoms with Gasteiger partial charge in [-0.25, -0.2) is 9.97 Å². The van der Waals surface area contributed by atoms with Crippen molar-refractivity contribution in [3.8, 4) is 11.3 Å². The lowest BCUT2D eigenvalue weighted by Gasteiger charge is -2.32. The number of para-hydroxylation sites is 1. The molecule has 0 saturated carbocycles. The van der Waals surface area contributed by atoms with Gasteiger partial charge in [0.25, 0.3) is 5.91 Å². The summed E-state index contributed by atoms with van der Waals surface area (Å²) in [5, 5.41) is 7.46. The topological polar surface area (TPSA) is 112 Å². The summed E-state index contributed by atoms with van der Waals surface area (Å²) in [4.78, 5) is 49.6. The van der Waals surface area contributed by atoms with Gasteiger partial charge in [0.15, 0.2) is 0 Å². The first-order chi connectivity index (χ1) is 20.3. The molecule has 42 heavy (non-hydrogen) atoms. The zero-order chi connectivity index (χ0) is 29.6. The number of hydrogen-bond donors (Lipinski definition) is 2. The average Bonchev–Trinajstić information content (AvgIpc) is 3.37. The van der Waals surface area contributed by atoms with Gasteiger partial charge >= 0.3 is 0 Å². The normalized spacial score (nSPS) is 14.0. The van der Waals surface area contributed by atoms with Gasteiger partial charge < -0.3 is 20.4 Å². The maximum Gasteiger partial charge on any atom is 0.253 e. The quantitative estimate of drug-likeness (QED) is 0.219. The fraction of sp³-hybridized carbons (Fsp3) is 0.258. The van der Waals surface area contributed by atoms with Crippen LogP contribution >= 0.6 is 11.6 Å². The third kappa shape index (κ3) is 6.67. The number of benzene rings is 2. The molecule has 2 aromatic heterocycles. The van der Waals surface area contributed by atoms with E-state index in [1.807, 2.05) is 48.2 Å². The van der Waals surface area contributed by atoms with Crippen LogP contribution in [0.5, 0.6) is 0 Å². The number of piperidine rings is 1. The smallest absolute Gasteiger partial charge is 0.253 e. The maximum atomic E-state index is 13.1. The van der Waals surface area contributed by atoms with Crippen molar-refractivity contribution in [2.24, 2.45) is 0 Å². The van der Waals surface area contributed by atoms with Gasteiger partial charge in [0.1, 0.15) is 0 Å². The van der Waals surface area contributed by atoms with E-state index in [2.05, 4.69) is 20.6 Å². The Hall–Kier alpha value is -4.54. The van der Waals surface area contributed by atoms with Gasteiger partial charge in [-0.2, -0.15) is 0 Å². The largest absolute Gasteiger partial charge is 0.351 e. The summed E-state index contributed by atoms with van der Waals surface area (Å²) in [5.41, 5.74) is 3.27. The van der Waals surface area contributed by atoms with Crippen molar-refractivity contribution in [1.82, 2.24) is 24.3 Å². The lowest BCUT2D eigenvalue weighted by Crippen LogP contribution is -2.42. The maximum absolute atomic E-state index is 13.1. The van der Waals surface area contributed by atoms with Crippen LogP contribution < -0.4 is 10.6 Å². The Kier molecular flexibility index (Phi) is 8.94. The molecule has 1 saturated heterocycles. The van der Waals surface area contributed by atoms with Crippen LogP contribution in [0.2, 0.25) is 5.02 Å². The predicted octanol–water partition coefficient (Wildman–Crippen LogP) is 4.56. The second-order valence-electron chi connectivity index (χ2n) is 10.4. The highest BCUT2D eigenvalue weighted by Crippen LogP contribution is 2.33. The second-order valence-corrected chi connectivity index (χ2v) is 10.8. The van der Waals surface area contributed by atoms with Crippen molar-refractivity contribution >= 4 is 52.4 Å². The molecule has 1 fully saturated rings. The zero-order valence-electron chi connectivity index (χ0n) is 23.5. The van der Waals surface area contributed by atoms with E-state index in [9.17, 15) is 14.4 Å². The minimum absolute atomic E-state index is 0.0474. The molecule has 5 rings (SSSR count). The van der Waals surface area contributed by atoms with Crippen LogP contribution in [0.25, 0.3) is 22.2 Å². The summed E-state index contributed by atoms with van der Waals surface area (Å²) in [6, 6.07) is 14.6. The van der Waals surface area contributed by atoms with Crippen LogP contribution in [-0.2, 0) is 9.59 Å². The van der Waals surface area contributed by atoms with Crippen molar-refractivity contribution in [1.29, 1.82) is 0 Å². The van der Waals surface area contributed by atoms with Gasteiger partial charge in [-0.3, -0.25) is 19.0 Å². The Morgan fingerprint density at radius 1 is 1.10 bits per heavy atom. The Labute approximate surface area is 249 Å². The summed E-state index contributed by atoms with van der Waals surface area (Å²) >= 11 is 6.48. The number of carbonyl (C=O) groups excluding carboxylic acids is 3. The number of hydrogen-bond acceptors (Lipinski definition) is 7. The molecule has 2 aromatic carbocycles. The van der Waals surface area contributed by atoms with E-state index < -0.39 is 0 Å². The minimum Gasteiger partial charge on any atom is -0.351 e. The number of nitrogens with zero attached hydrogens (tertiary/aromatic N) is 5. The molecule has 0 aliphatic carbocycles. The Bertz CT molecular complexity index is 1620. The molecule has 2 N–H and O–H groups in total. The highest BCUT2D eigenvalue weighted by atomic mass is 35.5. The standard InChI is InChI=1S/C31H32ClN7O3/c1-37(2)15-5-8-28(41)34-22-11-9-21(10-12-22)30(42)38-16-13-23(14-17-38)35-31-33-18-26(32)29(36-31)25-19-39(20-40)27-7-4-3-6-24(25)27/h3-12,18-20,23H,13-17H2,1-2H3,(H,34,41)(H,33,35,36)/b8-5+. The zero-order valence-corrected chi connectivity index (χ0v) is 24.2. The van der Waals surface area contributed by atoms with Crippen molar-refractivity contribution in [3.63, 3.8) is 0 Å². The molecule has 0 spiro atoms. The molecule has 4 aromatic rings. The van der Waals surface area contributed by atoms with Crippen LogP contribution in [0, 0.1) is 0 Å².